The first-order valence-electron chi connectivity index (χ1n) is 10.2. The van der Waals surface area contributed by atoms with Crippen LogP contribution in [0.3, 0.4) is 0 Å². The Hall–Kier alpha value is -2.97. The van der Waals surface area contributed by atoms with Gasteiger partial charge in [-0.05, 0) is 55.0 Å². The molecule has 0 saturated carbocycles. The number of aromatic nitrogens is 2. The maximum atomic E-state index is 13.0. The molecule has 0 unspecified atom stereocenters. The zero-order valence-electron chi connectivity index (χ0n) is 18.4. The molecule has 0 N–H and O–H groups in total. The van der Waals surface area contributed by atoms with Gasteiger partial charge in [0.1, 0.15) is 18.2 Å². The highest BCUT2D eigenvalue weighted by molar-refractivity contribution is 9.10. The number of nitrogens with zero attached hydrogens (tertiary/aromatic N) is 4. The number of hydrogen-bond acceptors (Lipinski definition) is 5. The Bertz CT molecular complexity index is 1400. The van der Waals surface area contributed by atoms with Gasteiger partial charge in [-0.3, -0.25) is 4.79 Å². The minimum absolute atomic E-state index is 0.225. The Morgan fingerprint density at radius 2 is 1.76 bits per heavy atom. The van der Waals surface area contributed by atoms with Crippen molar-refractivity contribution < 1.29 is 4.74 Å². The zero-order valence-corrected chi connectivity index (χ0v) is 21.6. The third-order valence-corrected chi connectivity index (χ3v) is 6.13. The summed E-state index contributed by atoms with van der Waals surface area (Å²) in [7, 11) is 3.95. The first-order chi connectivity index (χ1) is 15.8. The van der Waals surface area contributed by atoms with Crippen LogP contribution in [0.15, 0.2) is 79.5 Å². The minimum Gasteiger partial charge on any atom is -0.488 e. The van der Waals surface area contributed by atoms with Crippen molar-refractivity contribution >= 4 is 54.7 Å². The number of halogens is 2. The minimum atomic E-state index is -0.225. The number of benzene rings is 3. The van der Waals surface area contributed by atoms with Gasteiger partial charge in [0.05, 0.1) is 17.1 Å². The molecule has 0 radical (unpaired) electrons. The van der Waals surface area contributed by atoms with E-state index in [1.165, 1.54) is 4.68 Å². The van der Waals surface area contributed by atoms with Crippen LogP contribution in [-0.4, -0.2) is 30.0 Å². The molecule has 4 rings (SSSR count). The van der Waals surface area contributed by atoms with E-state index < -0.39 is 0 Å². The Labute approximate surface area is 208 Å². The van der Waals surface area contributed by atoms with Crippen molar-refractivity contribution in [2.45, 2.75) is 13.5 Å². The van der Waals surface area contributed by atoms with Crippen molar-refractivity contribution in [2.24, 2.45) is 5.10 Å². The number of anilines is 1. The molecule has 0 fully saturated rings. The van der Waals surface area contributed by atoms with E-state index in [1.54, 1.807) is 19.2 Å². The molecule has 0 saturated heterocycles. The van der Waals surface area contributed by atoms with Crippen LogP contribution in [0.4, 0.5) is 5.69 Å². The largest absolute Gasteiger partial charge is 0.488 e. The maximum Gasteiger partial charge on any atom is 0.282 e. The van der Waals surface area contributed by atoms with Crippen LogP contribution < -0.4 is 15.2 Å². The van der Waals surface area contributed by atoms with Gasteiger partial charge >= 0.3 is 0 Å². The molecule has 1 heterocycles. The van der Waals surface area contributed by atoms with Crippen LogP contribution >= 0.6 is 31.9 Å². The van der Waals surface area contributed by atoms with Crippen LogP contribution in [-0.2, 0) is 6.61 Å². The van der Waals surface area contributed by atoms with Crippen LogP contribution in [0, 0.1) is 6.92 Å². The smallest absolute Gasteiger partial charge is 0.282 e. The summed E-state index contributed by atoms with van der Waals surface area (Å²) in [5, 5.41) is 4.96. The van der Waals surface area contributed by atoms with Crippen LogP contribution in [0.1, 0.15) is 17.0 Å². The molecule has 0 bridgehead atoms. The molecule has 168 valence electrons. The van der Waals surface area contributed by atoms with E-state index >= 15 is 0 Å². The lowest BCUT2D eigenvalue weighted by Gasteiger charge is -2.16. The summed E-state index contributed by atoms with van der Waals surface area (Å²) >= 11 is 6.87. The number of ether oxygens (including phenoxy) is 1. The van der Waals surface area contributed by atoms with Gasteiger partial charge in [-0.2, -0.15) is 9.78 Å². The van der Waals surface area contributed by atoms with Crippen molar-refractivity contribution in [3.05, 3.63) is 96.9 Å². The SMILES string of the molecule is Cc1nc2ccc(Br)cc2c(=O)n1N=Cc1ccc(N(C)C)cc1OCc1ccc(Br)cc1. The van der Waals surface area contributed by atoms with E-state index in [0.29, 0.717) is 29.1 Å². The van der Waals surface area contributed by atoms with Crippen molar-refractivity contribution in [1.29, 1.82) is 0 Å². The second-order valence-electron chi connectivity index (χ2n) is 7.71. The van der Waals surface area contributed by atoms with E-state index in [2.05, 4.69) is 41.9 Å². The molecule has 8 heteroatoms. The normalized spacial score (nSPS) is 11.3. The van der Waals surface area contributed by atoms with E-state index in [9.17, 15) is 4.79 Å². The van der Waals surface area contributed by atoms with Gasteiger partial charge in [0.15, 0.2) is 0 Å². The lowest BCUT2D eigenvalue weighted by atomic mass is 10.2. The van der Waals surface area contributed by atoms with Gasteiger partial charge < -0.3 is 9.64 Å². The molecule has 3 aromatic carbocycles. The van der Waals surface area contributed by atoms with Crippen molar-refractivity contribution in [3.8, 4) is 5.75 Å². The molecule has 0 atom stereocenters. The highest BCUT2D eigenvalue weighted by atomic mass is 79.9. The second kappa shape index (κ2) is 9.89. The second-order valence-corrected chi connectivity index (χ2v) is 9.55. The van der Waals surface area contributed by atoms with Gasteiger partial charge in [0.25, 0.3) is 5.56 Å². The summed E-state index contributed by atoms with van der Waals surface area (Å²) in [5.41, 5.74) is 3.23. The third kappa shape index (κ3) is 5.34. The summed E-state index contributed by atoms with van der Waals surface area (Å²) in [6.07, 6.45) is 1.64. The highest BCUT2D eigenvalue weighted by Crippen LogP contribution is 2.25. The Balaban J connectivity index is 1.70. The number of rotatable bonds is 6. The average molecular weight is 570 g/mol. The number of fused-ring (bicyclic) bond motifs is 1. The lowest BCUT2D eigenvalue weighted by molar-refractivity contribution is 0.306. The van der Waals surface area contributed by atoms with Crippen molar-refractivity contribution in [2.75, 3.05) is 19.0 Å². The van der Waals surface area contributed by atoms with Crippen LogP contribution in [0.2, 0.25) is 0 Å². The third-order valence-electron chi connectivity index (χ3n) is 5.10. The van der Waals surface area contributed by atoms with E-state index in [4.69, 9.17) is 4.74 Å². The predicted molar refractivity (Wildman–Crippen MR) is 141 cm³/mol. The summed E-state index contributed by atoms with van der Waals surface area (Å²) in [5.74, 6) is 1.18. The Morgan fingerprint density at radius 1 is 1.03 bits per heavy atom. The molecule has 33 heavy (non-hydrogen) atoms. The Morgan fingerprint density at radius 3 is 2.48 bits per heavy atom. The quantitative estimate of drug-likeness (QED) is 0.277. The fourth-order valence-corrected chi connectivity index (χ4v) is 3.92. The van der Waals surface area contributed by atoms with E-state index in [-0.39, 0.29) is 5.56 Å². The topological polar surface area (TPSA) is 59.7 Å². The molecule has 0 amide bonds. The summed E-state index contributed by atoms with van der Waals surface area (Å²) in [6.45, 7) is 2.18. The zero-order chi connectivity index (χ0) is 23.5. The van der Waals surface area contributed by atoms with Gasteiger partial charge in [-0.15, -0.1) is 0 Å². The van der Waals surface area contributed by atoms with Gasteiger partial charge in [-0.25, -0.2) is 4.98 Å². The van der Waals surface area contributed by atoms with Crippen LogP contribution in [0.5, 0.6) is 5.75 Å². The molecule has 0 spiro atoms. The van der Waals surface area contributed by atoms with E-state index in [0.717, 1.165) is 25.8 Å². The summed E-state index contributed by atoms with van der Waals surface area (Å²) in [4.78, 5) is 19.6. The molecule has 4 aromatic rings. The average Bonchev–Trinajstić information content (AvgIpc) is 2.79. The Kier molecular flexibility index (Phi) is 6.95. The highest BCUT2D eigenvalue weighted by Gasteiger charge is 2.10. The van der Waals surface area contributed by atoms with Crippen molar-refractivity contribution in [1.82, 2.24) is 9.66 Å². The fraction of sp³-hybridized carbons (Fsp3) is 0.160. The molecule has 6 nitrogen and oxygen atoms in total. The molecule has 0 aliphatic carbocycles. The van der Waals surface area contributed by atoms with Gasteiger partial charge in [0.2, 0.25) is 0 Å². The summed E-state index contributed by atoms with van der Waals surface area (Å²) < 4.78 is 9.29. The number of aryl methyl sites for hydroxylation is 1. The fourth-order valence-electron chi connectivity index (χ4n) is 3.29. The molecule has 1 aromatic heterocycles. The first kappa shape index (κ1) is 23.2. The monoisotopic (exact) mass is 568 g/mol. The lowest BCUT2D eigenvalue weighted by Crippen LogP contribution is -2.20. The van der Waals surface area contributed by atoms with Gasteiger partial charge in [0, 0.05) is 40.4 Å². The predicted octanol–water partition coefficient (Wildman–Crippen LogP) is 5.76. The molecule has 0 aliphatic rings. The van der Waals surface area contributed by atoms with Gasteiger partial charge in [-0.1, -0.05) is 44.0 Å². The maximum absolute atomic E-state index is 13.0. The molecular weight excluding hydrogens is 548 g/mol. The van der Waals surface area contributed by atoms with Crippen molar-refractivity contribution in [3.63, 3.8) is 0 Å². The standard InChI is InChI=1S/C25H22Br2N4O2/c1-16-29-23-11-9-20(27)12-22(23)25(32)31(16)28-14-18-6-10-21(30(2)3)13-24(18)33-15-17-4-7-19(26)8-5-17/h4-14H,15H2,1-3H3. The van der Waals surface area contributed by atoms with E-state index in [1.807, 2.05) is 73.6 Å². The number of hydrogen-bond donors (Lipinski definition) is 0. The molecule has 0 aliphatic heterocycles. The first-order valence-corrected chi connectivity index (χ1v) is 11.8. The van der Waals surface area contributed by atoms with Crippen LogP contribution in [0.25, 0.3) is 10.9 Å². The summed E-state index contributed by atoms with van der Waals surface area (Å²) in [6, 6.07) is 19.3. The molecular formula is C25H22Br2N4O2.